The van der Waals surface area contributed by atoms with Crippen molar-refractivity contribution in [2.24, 2.45) is 0 Å². The van der Waals surface area contributed by atoms with E-state index in [1.54, 1.807) is 24.3 Å². The lowest BCUT2D eigenvalue weighted by Gasteiger charge is -2.17. The maximum atomic E-state index is 12.5. The van der Waals surface area contributed by atoms with E-state index in [1.165, 1.54) is 31.3 Å². The molecule has 24 heavy (non-hydrogen) atoms. The summed E-state index contributed by atoms with van der Waals surface area (Å²) in [7, 11) is -2.55. The van der Waals surface area contributed by atoms with Crippen molar-refractivity contribution in [3.8, 4) is 6.07 Å². The topological polar surface area (TPSA) is 90.3 Å². The summed E-state index contributed by atoms with van der Waals surface area (Å²) in [6.07, 6.45) is 0. The van der Waals surface area contributed by atoms with Crippen LogP contribution in [0, 0.1) is 11.3 Å². The molecule has 2 aromatic rings. The van der Waals surface area contributed by atoms with Gasteiger partial charge in [0.2, 0.25) is 15.9 Å². The number of hydrogen-bond acceptors (Lipinski definition) is 4. The van der Waals surface area contributed by atoms with Crippen LogP contribution in [0.1, 0.15) is 5.56 Å². The SMILES string of the molecule is CN(CC(=O)Nc1ccccc1Br)S(=O)(=O)c1cccc(C#N)c1. The van der Waals surface area contributed by atoms with Gasteiger partial charge in [-0.05, 0) is 46.3 Å². The fourth-order valence-corrected chi connectivity index (χ4v) is 3.50. The van der Waals surface area contributed by atoms with E-state index in [0.29, 0.717) is 10.2 Å². The average Bonchev–Trinajstić information content (AvgIpc) is 2.57. The highest BCUT2D eigenvalue weighted by Crippen LogP contribution is 2.21. The summed E-state index contributed by atoms with van der Waals surface area (Å²) in [5.41, 5.74) is 0.793. The number of nitrogens with one attached hydrogen (secondary N) is 1. The quantitative estimate of drug-likeness (QED) is 0.824. The maximum absolute atomic E-state index is 12.5. The van der Waals surface area contributed by atoms with Crippen LogP contribution in [0.3, 0.4) is 0 Å². The molecule has 0 aliphatic carbocycles. The molecule has 0 unspecified atom stereocenters. The average molecular weight is 408 g/mol. The number of amides is 1. The first-order chi connectivity index (χ1) is 11.3. The molecule has 0 saturated carbocycles. The molecule has 0 atom stereocenters. The Hall–Kier alpha value is -2.21. The van der Waals surface area contributed by atoms with Crippen LogP contribution in [0.4, 0.5) is 5.69 Å². The first kappa shape index (κ1) is 18.1. The lowest BCUT2D eigenvalue weighted by atomic mass is 10.2. The number of likely N-dealkylation sites (N-methyl/N-ethyl adjacent to an activating group) is 1. The van der Waals surface area contributed by atoms with E-state index >= 15 is 0 Å². The summed E-state index contributed by atoms with van der Waals surface area (Å²) in [5.74, 6) is -0.468. The van der Waals surface area contributed by atoms with Gasteiger partial charge >= 0.3 is 0 Å². The zero-order valence-corrected chi connectivity index (χ0v) is 15.1. The van der Waals surface area contributed by atoms with E-state index in [0.717, 1.165) is 4.31 Å². The second kappa shape index (κ2) is 7.57. The fourth-order valence-electron chi connectivity index (χ4n) is 1.95. The molecule has 124 valence electrons. The number of sulfonamides is 1. The van der Waals surface area contributed by atoms with Gasteiger partial charge in [-0.3, -0.25) is 4.79 Å². The number of carbonyl (C=O) groups excluding carboxylic acids is 1. The Morgan fingerprint density at radius 3 is 2.62 bits per heavy atom. The minimum atomic E-state index is -3.86. The van der Waals surface area contributed by atoms with Crippen molar-refractivity contribution in [1.82, 2.24) is 4.31 Å². The number of rotatable bonds is 5. The van der Waals surface area contributed by atoms with Gasteiger partial charge in [-0.2, -0.15) is 9.57 Å². The molecule has 0 spiro atoms. The summed E-state index contributed by atoms with van der Waals surface area (Å²) in [6.45, 7) is -0.347. The van der Waals surface area contributed by atoms with Crippen molar-refractivity contribution < 1.29 is 13.2 Å². The van der Waals surface area contributed by atoms with E-state index < -0.39 is 15.9 Å². The Balaban J connectivity index is 2.13. The number of para-hydroxylation sites is 1. The minimum Gasteiger partial charge on any atom is -0.324 e. The normalized spacial score (nSPS) is 11.1. The molecule has 0 aliphatic heterocycles. The predicted octanol–water partition coefficient (Wildman–Crippen LogP) is 2.58. The molecular formula is C16H14BrN3O3S. The number of hydrogen-bond donors (Lipinski definition) is 1. The molecule has 0 aliphatic rings. The van der Waals surface area contributed by atoms with E-state index in [2.05, 4.69) is 21.2 Å². The third-order valence-corrected chi connectivity index (χ3v) is 5.68. The molecule has 0 saturated heterocycles. The summed E-state index contributed by atoms with van der Waals surface area (Å²) >= 11 is 3.31. The van der Waals surface area contributed by atoms with Gasteiger partial charge in [-0.15, -0.1) is 0 Å². The second-order valence-electron chi connectivity index (χ2n) is 4.93. The molecular weight excluding hydrogens is 394 g/mol. The number of halogens is 1. The first-order valence-electron chi connectivity index (χ1n) is 6.85. The Morgan fingerprint density at radius 2 is 1.96 bits per heavy atom. The monoisotopic (exact) mass is 407 g/mol. The Bertz CT molecular complexity index is 907. The van der Waals surface area contributed by atoms with Crippen LogP contribution < -0.4 is 5.32 Å². The number of benzene rings is 2. The number of nitrogens with zero attached hydrogens (tertiary/aromatic N) is 2. The van der Waals surface area contributed by atoms with E-state index in [1.807, 2.05) is 6.07 Å². The van der Waals surface area contributed by atoms with Gasteiger partial charge in [0.05, 0.1) is 28.8 Å². The van der Waals surface area contributed by atoms with Crippen LogP contribution in [0.2, 0.25) is 0 Å². The molecule has 0 aromatic heterocycles. The molecule has 2 rings (SSSR count). The Labute approximate surface area is 148 Å². The van der Waals surface area contributed by atoms with Crippen molar-refractivity contribution in [3.05, 3.63) is 58.6 Å². The van der Waals surface area contributed by atoms with Crippen molar-refractivity contribution in [1.29, 1.82) is 5.26 Å². The highest BCUT2D eigenvalue weighted by atomic mass is 79.9. The second-order valence-corrected chi connectivity index (χ2v) is 7.83. The smallest absolute Gasteiger partial charge is 0.243 e. The lowest BCUT2D eigenvalue weighted by Crippen LogP contribution is -2.35. The van der Waals surface area contributed by atoms with Gasteiger partial charge in [-0.25, -0.2) is 8.42 Å². The summed E-state index contributed by atoms with van der Waals surface area (Å²) in [4.78, 5) is 12.1. The molecule has 0 bridgehead atoms. The Morgan fingerprint density at radius 1 is 1.25 bits per heavy atom. The predicted molar refractivity (Wildman–Crippen MR) is 93.7 cm³/mol. The number of carbonyl (C=O) groups is 1. The van der Waals surface area contributed by atoms with Crippen LogP contribution in [0.5, 0.6) is 0 Å². The third kappa shape index (κ3) is 4.20. The van der Waals surface area contributed by atoms with Crippen molar-refractivity contribution in [2.75, 3.05) is 18.9 Å². The highest BCUT2D eigenvalue weighted by molar-refractivity contribution is 9.10. The third-order valence-electron chi connectivity index (χ3n) is 3.19. The van der Waals surface area contributed by atoms with Gasteiger partial charge in [0.25, 0.3) is 0 Å². The van der Waals surface area contributed by atoms with Crippen molar-refractivity contribution >= 4 is 37.5 Å². The van der Waals surface area contributed by atoms with Gasteiger partial charge in [0.1, 0.15) is 0 Å². The zero-order valence-electron chi connectivity index (χ0n) is 12.7. The molecule has 0 radical (unpaired) electrons. The minimum absolute atomic E-state index is 0.0299. The number of anilines is 1. The molecule has 6 nitrogen and oxygen atoms in total. The van der Waals surface area contributed by atoms with E-state index in [9.17, 15) is 13.2 Å². The highest BCUT2D eigenvalue weighted by Gasteiger charge is 2.23. The summed E-state index contributed by atoms with van der Waals surface area (Å²) in [5, 5.41) is 11.5. The maximum Gasteiger partial charge on any atom is 0.243 e. The standard InChI is InChI=1S/C16H14BrN3O3S/c1-20(11-16(21)19-15-8-3-2-7-14(15)17)24(22,23)13-6-4-5-12(9-13)10-18/h2-9H,11H2,1H3,(H,19,21). The molecule has 0 heterocycles. The lowest BCUT2D eigenvalue weighted by molar-refractivity contribution is -0.116. The van der Waals surface area contributed by atoms with Crippen LogP contribution in [-0.4, -0.2) is 32.2 Å². The van der Waals surface area contributed by atoms with E-state index in [4.69, 9.17) is 5.26 Å². The molecule has 1 amide bonds. The Kier molecular flexibility index (Phi) is 5.72. The van der Waals surface area contributed by atoms with Crippen molar-refractivity contribution in [3.63, 3.8) is 0 Å². The van der Waals surface area contributed by atoms with Gasteiger partial charge in [0.15, 0.2) is 0 Å². The van der Waals surface area contributed by atoms with Gasteiger partial charge in [-0.1, -0.05) is 18.2 Å². The largest absolute Gasteiger partial charge is 0.324 e. The van der Waals surface area contributed by atoms with E-state index in [-0.39, 0.29) is 17.0 Å². The molecule has 1 N–H and O–H groups in total. The van der Waals surface area contributed by atoms with Crippen molar-refractivity contribution in [2.45, 2.75) is 4.90 Å². The van der Waals surface area contributed by atoms with Gasteiger partial charge < -0.3 is 5.32 Å². The van der Waals surface area contributed by atoms with Gasteiger partial charge in [0, 0.05) is 11.5 Å². The number of nitriles is 1. The molecule has 8 heteroatoms. The van der Waals surface area contributed by atoms with Crippen LogP contribution in [0.15, 0.2) is 57.9 Å². The molecule has 0 fully saturated rings. The zero-order chi connectivity index (χ0) is 17.7. The summed E-state index contributed by atoms with van der Waals surface area (Å²) < 4.78 is 26.6. The fraction of sp³-hybridized carbons (Fsp3) is 0.125. The van der Waals surface area contributed by atoms with Crippen LogP contribution in [-0.2, 0) is 14.8 Å². The summed E-state index contributed by atoms with van der Waals surface area (Å²) in [6, 6.07) is 14.6. The molecule has 2 aromatic carbocycles. The first-order valence-corrected chi connectivity index (χ1v) is 9.09. The van der Waals surface area contributed by atoms with Crippen LogP contribution >= 0.6 is 15.9 Å². The van der Waals surface area contributed by atoms with Crippen LogP contribution in [0.25, 0.3) is 0 Å².